The van der Waals surface area contributed by atoms with Crippen LogP contribution in [0.25, 0.3) is 0 Å². The number of nitrogens with two attached hydrogens (primary N) is 1. The van der Waals surface area contributed by atoms with Crippen molar-refractivity contribution in [2.75, 3.05) is 6.54 Å². The lowest BCUT2D eigenvalue weighted by atomic mass is 9.71. The van der Waals surface area contributed by atoms with Crippen LogP contribution in [0.5, 0.6) is 0 Å². The summed E-state index contributed by atoms with van der Waals surface area (Å²) >= 11 is 3.44. The fourth-order valence-electron chi connectivity index (χ4n) is 3.01. The van der Waals surface area contributed by atoms with Gasteiger partial charge in [0, 0.05) is 17.4 Å². The monoisotopic (exact) mass is 374 g/mol. The Kier molecular flexibility index (Phi) is 7.71. The third-order valence-electron chi connectivity index (χ3n) is 4.26. The molecular formula is C16H24BrClN2O. The van der Waals surface area contributed by atoms with Gasteiger partial charge in [-0.3, -0.25) is 4.79 Å². The van der Waals surface area contributed by atoms with Gasteiger partial charge in [-0.2, -0.15) is 0 Å². The van der Waals surface area contributed by atoms with Crippen LogP contribution < -0.4 is 11.1 Å². The number of hydrogen-bond donors (Lipinski definition) is 2. The summed E-state index contributed by atoms with van der Waals surface area (Å²) in [6.07, 6.45) is 6.44. The highest BCUT2D eigenvalue weighted by Crippen LogP contribution is 2.38. The van der Waals surface area contributed by atoms with Gasteiger partial charge in [-0.25, -0.2) is 0 Å². The first-order valence-corrected chi connectivity index (χ1v) is 8.14. The third-order valence-corrected chi connectivity index (χ3v) is 4.75. The molecule has 1 aromatic rings. The Morgan fingerprint density at radius 2 is 2.00 bits per heavy atom. The van der Waals surface area contributed by atoms with Gasteiger partial charge in [0.05, 0.1) is 0 Å². The predicted octanol–water partition coefficient (Wildman–Crippen LogP) is 3.79. The molecule has 3 nitrogen and oxygen atoms in total. The molecule has 1 aliphatic carbocycles. The highest BCUT2D eigenvalue weighted by atomic mass is 79.9. The first-order valence-electron chi connectivity index (χ1n) is 7.35. The van der Waals surface area contributed by atoms with Crippen molar-refractivity contribution in [2.24, 2.45) is 11.1 Å². The fourth-order valence-corrected chi connectivity index (χ4v) is 3.45. The molecule has 0 bridgehead atoms. The topological polar surface area (TPSA) is 55.1 Å². The van der Waals surface area contributed by atoms with Crippen LogP contribution in [0.3, 0.4) is 0 Å². The molecule has 0 atom stereocenters. The lowest BCUT2D eigenvalue weighted by molar-refractivity contribution is -0.124. The molecule has 3 N–H and O–H groups in total. The van der Waals surface area contributed by atoms with Gasteiger partial charge in [0.15, 0.2) is 0 Å². The normalized spacial score (nSPS) is 16.9. The van der Waals surface area contributed by atoms with E-state index in [9.17, 15) is 4.79 Å². The van der Waals surface area contributed by atoms with E-state index in [-0.39, 0.29) is 23.7 Å². The highest BCUT2D eigenvalue weighted by molar-refractivity contribution is 9.10. The van der Waals surface area contributed by atoms with Crippen LogP contribution in [0.2, 0.25) is 0 Å². The number of carbonyl (C=O) groups excluding carboxylic acids is 1. The molecule has 0 radical (unpaired) electrons. The summed E-state index contributed by atoms with van der Waals surface area (Å²) < 4.78 is 1.04. The molecule has 0 aliphatic heterocycles. The standard InChI is InChI=1S/C16H23BrN2O.ClH/c17-14-6-4-5-13(9-14)11-19-15(20)10-16(12-18)7-2-1-3-8-16;/h4-6,9H,1-3,7-8,10-12,18H2,(H,19,20);1H. The minimum Gasteiger partial charge on any atom is -0.352 e. The van der Waals surface area contributed by atoms with Crippen LogP contribution in [-0.4, -0.2) is 12.5 Å². The van der Waals surface area contributed by atoms with Crippen LogP contribution in [-0.2, 0) is 11.3 Å². The molecule has 1 aromatic carbocycles. The molecule has 0 aromatic heterocycles. The molecule has 0 unspecified atom stereocenters. The van der Waals surface area contributed by atoms with E-state index >= 15 is 0 Å². The molecule has 118 valence electrons. The van der Waals surface area contributed by atoms with Crippen molar-refractivity contribution in [1.82, 2.24) is 5.32 Å². The van der Waals surface area contributed by atoms with Crippen LogP contribution in [0.1, 0.15) is 44.1 Å². The lowest BCUT2D eigenvalue weighted by Crippen LogP contribution is -2.38. The van der Waals surface area contributed by atoms with Crippen molar-refractivity contribution in [3.63, 3.8) is 0 Å². The Balaban J connectivity index is 0.00000220. The SMILES string of the molecule is Cl.NCC1(CC(=O)NCc2cccc(Br)c2)CCCCC1. The van der Waals surface area contributed by atoms with E-state index in [2.05, 4.69) is 21.2 Å². The van der Waals surface area contributed by atoms with Gasteiger partial charge in [0.2, 0.25) is 5.91 Å². The Bertz CT molecular complexity index is 461. The largest absolute Gasteiger partial charge is 0.352 e. The summed E-state index contributed by atoms with van der Waals surface area (Å²) in [5.41, 5.74) is 7.08. The smallest absolute Gasteiger partial charge is 0.220 e. The van der Waals surface area contributed by atoms with Gasteiger partial charge < -0.3 is 11.1 Å². The minimum absolute atomic E-state index is 0. The van der Waals surface area contributed by atoms with Crippen molar-refractivity contribution in [3.05, 3.63) is 34.3 Å². The summed E-state index contributed by atoms with van der Waals surface area (Å²) in [4.78, 5) is 12.2. The van der Waals surface area contributed by atoms with E-state index in [1.165, 1.54) is 19.3 Å². The van der Waals surface area contributed by atoms with E-state index < -0.39 is 0 Å². The van der Waals surface area contributed by atoms with E-state index in [0.29, 0.717) is 19.5 Å². The quantitative estimate of drug-likeness (QED) is 0.822. The average Bonchev–Trinajstić information content (AvgIpc) is 2.46. The Hall–Kier alpha value is -0.580. The Labute approximate surface area is 141 Å². The summed E-state index contributed by atoms with van der Waals surface area (Å²) in [6, 6.07) is 8.01. The summed E-state index contributed by atoms with van der Waals surface area (Å²) in [6.45, 7) is 1.20. The molecule has 1 amide bonds. The Morgan fingerprint density at radius 3 is 2.62 bits per heavy atom. The van der Waals surface area contributed by atoms with Crippen molar-refractivity contribution in [2.45, 2.75) is 45.1 Å². The molecule has 5 heteroatoms. The number of carbonyl (C=O) groups is 1. The van der Waals surface area contributed by atoms with Gasteiger partial charge in [0.1, 0.15) is 0 Å². The second kappa shape index (κ2) is 8.76. The van der Waals surface area contributed by atoms with E-state index in [1.807, 2.05) is 24.3 Å². The van der Waals surface area contributed by atoms with Crippen molar-refractivity contribution >= 4 is 34.2 Å². The van der Waals surface area contributed by atoms with Gasteiger partial charge >= 0.3 is 0 Å². The Morgan fingerprint density at radius 1 is 1.29 bits per heavy atom. The number of nitrogens with one attached hydrogen (secondary N) is 1. The highest BCUT2D eigenvalue weighted by Gasteiger charge is 2.32. The maximum atomic E-state index is 12.2. The number of halogens is 2. The van der Waals surface area contributed by atoms with Gasteiger partial charge in [-0.1, -0.05) is 47.3 Å². The average molecular weight is 376 g/mol. The third kappa shape index (κ3) is 5.61. The van der Waals surface area contributed by atoms with Crippen molar-refractivity contribution in [3.8, 4) is 0 Å². The van der Waals surface area contributed by atoms with E-state index in [4.69, 9.17) is 5.73 Å². The maximum Gasteiger partial charge on any atom is 0.220 e. The number of hydrogen-bond acceptors (Lipinski definition) is 2. The molecule has 2 rings (SSSR count). The number of benzene rings is 1. The zero-order valence-corrected chi connectivity index (χ0v) is 14.6. The summed E-state index contributed by atoms with van der Waals surface area (Å²) in [7, 11) is 0. The molecule has 0 spiro atoms. The molecule has 1 fully saturated rings. The van der Waals surface area contributed by atoms with Crippen LogP contribution in [0.15, 0.2) is 28.7 Å². The van der Waals surface area contributed by atoms with Crippen molar-refractivity contribution < 1.29 is 4.79 Å². The summed E-state index contributed by atoms with van der Waals surface area (Å²) in [5, 5.41) is 3.02. The lowest BCUT2D eigenvalue weighted by Gasteiger charge is -2.35. The zero-order valence-electron chi connectivity index (χ0n) is 12.2. The van der Waals surface area contributed by atoms with Gasteiger partial charge in [-0.05, 0) is 42.5 Å². The fraction of sp³-hybridized carbons (Fsp3) is 0.562. The minimum atomic E-state index is 0. The zero-order chi connectivity index (χ0) is 14.4. The molecule has 0 heterocycles. The first kappa shape index (κ1) is 18.5. The second-order valence-electron chi connectivity index (χ2n) is 5.85. The molecule has 1 saturated carbocycles. The number of rotatable bonds is 5. The molecular weight excluding hydrogens is 352 g/mol. The summed E-state index contributed by atoms with van der Waals surface area (Å²) in [5.74, 6) is 0.123. The van der Waals surface area contributed by atoms with Gasteiger partial charge in [-0.15, -0.1) is 12.4 Å². The molecule has 1 aliphatic rings. The van der Waals surface area contributed by atoms with E-state index in [0.717, 1.165) is 22.9 Å². The van der Waals surface area contributed by atoms with Gasteiger partial charge in [0.25, 0.3) is 0 Å². The molecule has 0 saturated heterocycles. The van der Waals surface area contributed by atoms with Crippen LogP contribution in [0, 0.1) is 5.41 Å². The van der Waals surface area contributed by atoms with Crippen LogP contribution >= 0.6 is 28.3 Å². The number of amides is 1. The first-order chi connectivity index (χ1) is 9.63. The van der Waals surface area contributed by atoms with Crippen molar-refractivity contribution in [1.29, 1.82) is 0 Å². The maximum absolute atomic E-state index is 12.2. The predicted molar refractivity (Wildman–Crippen MR) is 92.4 cm³/mol. The van der Waals surface area contributed by atoms with E-state index in [1.54, 1.807) is 0 Å². The molecule has 21 heavy (non-hydrogen) atoms. The van der Waals surface area contributed by atoms with Crippen LogP contribution in [0.4, 0.5) is 0 Å². The second-order valence-corrected chi connectivity index (χ2v) is 6.76.